The molecule has 2 heterocycles. The summed E-state index contributed by atoms with van der Waals surface area (Å²) in [5, 5.41) is 13.2. The van der Waals surface area contributed by atoms with E-state index in [1.54, 1.807) is 18.7 Å². The van der Waals surface area contributed by atoms with Crippen molar-refractivity contribution in [1.29, 1.82) is 0 Å². The lowest BCUT2D eigenvalue weighted by Crippen LogP contribution is -2.45. The summed E-state index contributed by atoms with van der Waals surface area (Å²) < 4.78 is 0. The van der Waals surface area contributed by atoms with Crippen LogP contribution in [-0.2, 0) is 9.59 Å². The number of rotatable bonds is 4. The Hall–Kier alpha value is -1.67. The molecule has 0 bridgehead atoms. The van der Waals surface area contributed by atoms with Gasteiger partial charge in [-0.1, -0.05) is 0 Å². The molecule has 0 aromatic rings. The van der Waals surface area contributed by atoms with E-state index in [2.05, 4.69) is 5.32 Å². The number of carbonyl (C=O) groups is 3. The van der Waals surface area contributed by atoms with Crippen molar-refractivity contribution in [3.63, 3.8) is 0 Å². The maximum absolute atomic E-state index is 12.5. The molecule has 0 aromatic heterocycles. The number of urea groups is 1. The molecule has 136 valence electrons. The summed E-state index contributed by atoms with van der Waals surface area (Å²) in [5.74, 6) is -0.648. The number of hydrogen-bond acceptors (Lipinski definition) is 5. The second-order valence-electron chi connectivity index (χ2n) is 7.64. The van der Waals surface area contributed by atoms with Crippen molar-refractivity contribution < 1.29 is 19.5 Å². The fourth-order valence-corrected chi connectivity index (χ4v) is 3.37. The summed E-state index contributed by atoms with van der Waals surface area (Å²) in [7, 11) is 3.82. The first-order valence-corrected chi connectivity index (χ1v) is 8.33. The zero-order valence-corrected chi connectivity index (χ0v) is 15.0. The van der Waals surface area contributed by atoms with Gasteiger partial charge in [-0.25, -0.2) is 4.79 Å². The van der Waals surface area contributed by atoms with Crippen LogP contribution in [0.2, 0.25) is 0 Å². The van der Waals surface area contributed by atoms with Crippen LogP contribution < -0.4 is 5.32 Å². The van der Waals surface area contributed by atoms with Crippen LogP contribution in [0.1, 0.15) is 33.1 Å². The highest BCUT2D eigenvalue weighted by atomic mass is 16.3. The molecule has 4 amide bonds. The van der Waals surface area contributed by atoms with Gasteiger partial charge in [0.05, 0.1) is 5.60 Å². The van der Waals surface area contributed by atoms with Crippen LogP contribution in [0.4, 0.5) is 4.79 Å². The Labute approximate surface area is 142 Å². The van der Waals surface area contributed by atoms with Gasteiger partial charge in [0.1, 0.15) is 12.1 Å². The van der Waals surface area contributed by atoms with E-state index in [0.717, 1.165) is 4.90 Å². The fourth-order valence-electron chi connectivity index (χ4n) is 3.37. The first kappa shape index (κ1) is 18.7. The highest BCUT2D eigenvalue weighted by Crippen LogP contribution is 2.23. The third-order valence-corrected chi connectivity index (χ3v) is 4.62. The summed E-state index contributed by atoms with van der Waals surface area (Å²) in [4.78, 5) is 41.1. The van der Waals surface area contributed by atoms with Gasteiger partial charge >= 0.3 is 6.03 Å². The molecule has 2 fully saturated rings. The summed E-state index contributed by atoms with van der Waals surface area (Å²) in [6, 6.07) is -0.530. The van der Waals surface area contributed by atoms with E-state index in [-0.39, 0.29) is 18.4 Å². The van der Waals surface area contributed by atoms with Gasteiger partial charge in [0, 0.05) is 19.6 Å². The molecule has 2 N–H and O–H groups in total. The predicted molar refractivity (Wildman–Crippen MR) is 88.3 cm³/mol. The molecule has 0 unspecified atom stereocenters. The van der Waals surface area contributed by atoms with E-state index in [1.165, 1.54) is 0 Å². The lowest BCUT2D eigenvalue weighted by molar-refractivity contribution is -0.138. The Bertz CT molecular complexity index is 534. The number of nitrogens with zero attached hydrogens (tertiary/aromatic N) is 3. The number of likely N-dealkylation sites (N-methyl/N-ethyl adjacent to an activating group) is 1. The number of imide groups is 1. The summed E-state index contributed by atoms with van der Waals surface area (Å²) >= 11 is 0. The molecule has 0 aliphatic carbocycles. The minimum atomic E-state index is -0.970. The molecule has 2 aliphatic rings. The van der Waals surface area contributed by atoms with E-state index in [1.807, 2.05) is 19.0 Å². The van der Waals surface area contributed by atoms with Gasteiger partial charge in [-0.3, -0.25) is 14.5 Å². The largest absolute Gasteiger partial charge is 0.388 e. The van der Waals surface area contributed by atoms with Gasteiger partial charge in [-0.15, -0.1) is 0 Å². The quantitative estimate of drug-likeness (QED) is 0.681. The minimum Gasteiger partial charge on any atom is -0.388 e. The summed E-state index contributed by atoms with van der Waals surface area (Å²) in [6.45, 7) is 4.49. The van der Waals surface area contributed by atoms with Gasteiger partial charge in [-0.05, 0) is 47.2 Å². The van der Waals surface area contributed by atoms with Gasteiger partial charge in [-0.2, -0.15) is 0 Å². The van der Waals surface area contributed by atoms with Crippen molar-refractivity contribution in [2.75, 3.05) is 40.3 Å². The summed E-state index contributed by atoms with van der Waals surface area (Å²) in [6.07, 6.45) is 1.81. The Morgan fingerprint density at radius 2 is 1.92 bits per heavy atom. The fraction of sp³-hybridized carbons (Fsp3) is 0.812. The van der Waals surface area contributed by atoms with Crippen LogP contribution >= 0.6 is 0 Å². The van der Waals surface area contributed by atoms with Crippen molar-refractivity contribution >= 4 is 17.8 Å². The SMILES string of the molecule is CN(C)C[C@@]1(O)CCCN(C(=O)CN2C(=O)NC(C)(C)C2=O)CC1. The van der Waals surface area contributed by atoms with Gasteiger partial charge < -0.3 is 20.2 Å². The zero-order valence-electron chi connectivity index (χ0n) is 15.0. The third-order valence-electron chi connectivity index (χ3n) is 4.62. The molecule has 8 nitrogen and oxygen atoms in total. The maximum Gasteiger partial charge on any atom is 0.325 e. The van der Waals surface area contributed by atoms with E-state index < -0.39 is 17.2 Å². The normalized spacial score (nSPS) is 27.4. The topological polar surface area (TPSA) is 93.2 Å². The van der Waals surface area contributed by atoms with Crippen LogP contribution in [-0.4, -0.2) is 89.1 Å². The number of likely N-dealkylation sites (tertiary alicyclic amines) is 1. The maximum atomic E-state index is 12.5. The number of amides is 4. The minimum absolute atomic E-state index is 0.250. The average molecular weight is 340 g/mol. The molecule has 24 heavy (non-hydrogen) atoms. The van der Waals surface area contributed by atoms with Crippen molar-refractivity contribution in [1.82, 2.24) is 20.0 Å². The van der Waals surface area contributed by atoms with E-state index in [4.69, 9.17) is 0 Å². The highest BCUT2D eigenvalue weighted by Gasteiger charge is 2.45. The molecule has 0 aromatic carbocycles. The van der Waals surface area contributed by atoms with Gasteiger partial charge in [0.2, 0.25) is 5.91 Å². The van der Waals surface area contributed by atoms with Crippen molar-refractivity contribution in [3.05, 3.63) is 0 Å². The predicted octanol–water partition coefficient (Wildman–Crippen LogP) is -0.378. The van der Waals surface area contributed by atoms with E-state index >= 15 is 0 Å². The number of aliphatic hydroxyl groups is 1. The molecule has 2 rings (SSSR count). The zero-order chi connectivity index (χ0) is 18.1. The van der Waals surface area contributed by atoms with Crippen LogP contribution in [0.3, 0.4) is 0 Å². The number of carbonyl (C=O) groups excluding carboxylic acids is 3. The molecule has 0 saturated carbocycles. The Kier molecular flexibility index (Phi) is 5.19. The van der Waals surface area contributed by atoms with E-state index in [0.29, 0.717) is 38.9 Å². The Morgan fingerprint density at radius 3 is 2.46 bits per heavy atom. The molecule has 0 radical (unpaired) electrons. The lowest BCUT2D eigenvalue weighted by atomic mass is 9.94. The van der Waals surface area contributed by atoms with Gasteiger partial charge in [0.15, 0.2) is 0 Å². The lowest BCUT2D eigenvalue weighted by Gasteiger charge is -2.30. The molecular formula is C16H28N4O4. The van der Waals surface area contributed by atoms with Crippen LogP contribution in [0, 0.1) is 0 Å². The van der Waals surface area contributed by atoms with Crippen LogP contribution in [0.5, 0.6) is 0 Å². The molecular weight excluding hydrogens is 312 g/mol. The van der Waals surface area contributed by atoms with Crippen molar-refractivity contribution in [2.24, 2.45) is 0 Å². The Balaban J connectivity index is 1.96. The monoisotopic (exact) mass is 340 g/mol. The molecule has 8 heteroatoms. The first-order chi connectivity index (χ1) is 11.0. The average Bonchev–Trinajstić information content (AvgIpc) is 2.60. The van der Waals surface area contributed by atoms with Gasteiger partial charge in [0.25, 0.3) is 5.91 Å². The van der Waals surface area contributed by atoms with Crippen LogP contribution in [0.15, 0.2) is 0 Å². The number of nitrogens with one attached hydrogen (secondary N) is 1. The first-order valence-electron chi connectivity index (χ1n) is 8.33. The number of hydrogen-bond donors (Lipinski definition) is 2. The standard InChI is InChI=1S/C16H28N4O4/c1-15(2)13(22)20(14(23)17-15)10-12(21)19-8-5-6-16(24,7-9-19)11-18(3)4/h24H,5-11H2,1-4H3,(H,17,23)/t16-/m1/s1. The smallest absolute Gasteiger partial charge is 0.325 e. The second-order valence-corrected chi connectivity index (χ2v) is 7.64. The Morgan fingerprint density at radius 1 is 1.25 bits per heavy atom. The molecule has 0 spiro atoms. The van der Waals surface area contributed by atoms with Crippen LogP contribution in [0.25, 0.3) is 0 Å². The molecule has 2 saturated heterocycles. The molecule has 2 aliphatic heterocycles. The summed E-state index contributed by atoms with van der Waals surface area (Å²) in [5.41, 5.74) is -1.77. The van der Waals surface area contributed by atoms with Crippen molar-refractivity contribution in [3.8, 4) is 0 Å². The highest BCUT2D eigenvalue weighted by molar-refractivity contribution is 6.08. The molecule has 1 atom stereocenters. The van der Waals surface area contributed by atoms with E-state index in [9.17, 15) is 19.5 Å². The second kappa shape index (κ2) is 6.68. The van der Waals surface area contributed by atoms with Crippen molar-refractivity contribution in [2.45, 2.75) is 44.2 Å². The third kappa shape index (κ3) is 4.05.